The van der Waals surface area contributed by atoms with Gasteiger partial charge in [0.1, 0.15) is 5.75 Å². The van der Waals surface area contributed by atoms with Crippen molar-refractivity contribution in [2.45, 2.75) is 12.8 Å². The number of halogens is 1. The minimum atomic E-state index is 0.0980. The molecule has 0 unspecified atom stereocenters. The van der Waals surface area contributed by atoms with Crippen LogP contribution in [0.1, 0.15) is 12.8 Å². The van der Waals surface area contributed by atoms with E-state index < -0.39 is 0 Å². The predicted octanol–water partition coefficient (Wildman–Crippen LogP) is 2.40. The van der Waals surface area contributed by atoms with Gasteiger partial charge in [-0.1, -0.05) is 0 Å². The van der Waals surface area contributed by atoms with Gasteiger partial charge in [-0.05, 0) is 54.0 Å². The summed E-state index contributed by atoms with van der Waals surface area (Å²) in [6, 6.07) is 5.56. The number of rotatable bonds is 3. The fourth-order valence-electron chi connectivity index (χ4n) is 2.07. The molecule has 2 N–H and O–H groups in total. The van der Waals surface area contributed by atoms with Gasteiger partial charge >= 0.3 is 0 Å². The number of nitrogens with one attached hydrogen (secondary N) is 2. The van der Waals surface area contributed by atoms with Crippen LogP contribution in [0.15, 0.2) is 22.7 Å². The molecule has 1 amide bonds. The van der Waals surface area contributed by atoms with Gasteiger partial charge in [-0.25, -0.2) is 0 Å². The summed E-state index contributed by atoms with van der Waals surface area (Å²) in [7, 11) is 1.61. The first-order valence-corrected chi connectivity index (χ1v) is 6.85. The molecule has 5 heteroatoms. The van der Waals surface area contributed by atoms with Crippen LogP contribution >= 0.6 is 15.9 Å². The highest BCUT2D eigenvalue weighted by atomic mass is 79.9. The topological polar surface area (TPSA) is 50.4 Å². The number of benzene rings is 1. The number of anilines is 1. The second-order valence-corrected chi connectivity index (χ2v) is 5.22. The molecule has 0 spiro atoms. The number of amides is 1. The van der Waals surface area contributed by atoms with Gasteiger partial charge in [0.05, 0.1) is 11.6 Å². The number of carbonyl (C=O) groups is 1. The molecule has 0 atom stereocenters. The van der Waals surface area contributed by atoms with Crippen LogP contribution < -0.4 is 15.4 Å². The van der Waals surface area contributed by atoms with Gasteiger partial charge in [0.15, 0.2) is 0 Å². The Morgan fingerprint density at radius 1 is 1.44 bits per heavy atom. The van der Waals surface area contributed by atoms with Crippen molar-refractivity contribution in [3.8, 4) is 5.75 Å². The van der Waals surface area contributed by atoms with Crippen molar-refractivity contribution in [3.63, 3.8) is 0 Å². The molecular formula is C13H17BrN2O2. The van der Waals surface area contributed by atoms with E-state index in [1.165, 1.54) is 0 Å². The minimum absolute atomic E-state index is 0.0980. The van der Waals surface area contributed by atoms with Gasteiger partial charge in [-0.15, -0.1) is 0 Å². The molecule has 1 aromatic carbocycles. The number of piperidine rings is 1. The summed E-state index contributed by atoms with van der Waals surface area (Å²) >= 11 is 3.39. The van der Waals surface area contributed by atoms with Gasteiger partial charge in [-0.3, -0.25) is 4.79 Å². The summed E-state index contributed by atoms with van der Waals surface area (Å²) in [5, 5.41) is 6.20. The molecule has 2 rings (SSSR count). The third-order valence-electron chi connectivity index (χ3n) is 3.13. The lowest BCUT2D eigenvalue weighted by atomic mass is 9.97. The molecule has 1 aromatic rings. The van der Waals surface area contributed by atoms with Crippen molar-refractivity contribution in [2.75, 3.05) is 25.5 Å². The van der Waals surface area contributed by atoms with Crippen molar-refractivity contribution in [2.24, 2.45) is 5.92 Å². The molecule has 0 aliphatic carbocycles. The molecule has 4 nitrogen and oxygen atoms in total. The van der Waals surface area contributed by atoms with Crippen LogP contribution in [0.4, 0.5) is 5.69 Å². The smallest absolute Gasteiger partial charge is 0.227 e. The average molecular weight is 313 g/mol. The van der Waals surface area contributed by atoms with Gasteiger partial charge in [0.2, 0.25) is 5.91 Å². The quantitative estimate of drug-likeness (QED) is 0.901. The average Bonchev–Trinajstić information content (AvgIpc) is 2.42. The van der Waals surface area contributed by atoms with Crippen molar-refractivity contribution in [1.82, 2.24) is 5.32 Å². The molecule has 1 heterocycles. The monoisotopic (exact) mass is 312 g/mol. The molecule has 0 saturated carbocycles. The largest absolute Gasteiger partial charge is 0.495 e. The summed E-state index contributed by atoms with van der Waals surface area (Å²) in [5.41, 5.74) is 0.776. The second-order valence-electron chi connectivity index (χ2n) is 4.36. The molecule has 98 valence electrons. The Labute approximate surface area is 115 Å². The lowest BCUT2D eigenvalue weighted by Crippen LogP contribution is -2.34. The molecule has 1 fully saturated rings. The van der Waals surface area contributed by atoms with Gasteiger partial charge in [-0.2, -0.15) is 0 Å². The van der Waals surface area contributed by atoms with Crippen molar-refractivity contribution < 1.29 is 9.53 Å². The summed E-state index contributed by atoms with van der Waals surface area (Å²) in [6.07, 6.45) is 1.80. The Morgan fingerprint density at radius 3 is 2.83 bits per heavy atom. The Morgan fingerprint density at radius 2 is 2.17 bits per heavy atom. The number of hydrogen-bond donors (Lipinski definition) is 2. The van der Waals surface area contributed by atoms with E-state index in [4.69, 9.17) is 4.74 Å². The number of methoxy groups -OCH3 is 1. The highest BCUT2D eigenvalue weighted by Gasteiger charge is 2.20. The lowest BCUT2D eigenvalue weighted by Gasteiger charge is -2.21. The maximum absolute atomic E-state index is 12.1. The van der Waals surface area contributed by atoms with Gasteiger partial charge in [0.25, 0.3) is 0 Å². The van der Waals surface area contributed by atoms with Crippen LogP contribution in [0.25, 0.3) is 0 Å². The molecule has 1 aliphatic rings. The SMILES string of the molecule is COc1cc(NC(=O)C2CCNCC2)ccc1Br. The van der Waals surface area contributed by atoms with E-state index in [2.05, 4.69) is 26.6 Å². The van der Waals surface area contributed by atoms with Crippen molar-refractivity contribution >= 4 is 27.5 Å². The molecule has 1 aliphatic heterocycles. The summed E-state index contributed by atoms with van der Waals surface area (Å²) in [5.74, 6) is 0.930. The van der Waals surface area contributed by atoms with Gasteiger partial charge in [0, 0.05) is 17.7 Å². The van der Waals surface area contributed by atoms with Crippen LogP contribution in [0.5, 0.6) is 5.75 Å². The van der Waals surface area contributed by atoms with Crippen molar-refractivity contribution in [1.29, 1.82) is 0 Å². The van der Waals surface area contributed by atoms with Crippen LogP contribution in [0.2, 0.25) is 0 Å². The Balaban J connectivity index is 2.02. The Hall–Kier alpha value is -1.07. The second kappa shape index (κ2) is 6.20. The maximum Gasteiger partial charge on any atom is 0.227 e. The van der Waals surface area contributed by atoms with Gasteiger partial charge < -0.3 is 15.4 Å². The van der Waals surface area contributed by atoms with E-state index in [1.54, 1.807) is 7.11 Å². The zero-order valence-electron chi connectivity index (χ0n) is 10.3. The third kappa shape index (κ3) is 3.23. The maximum atomic E-state index is 12.1. The van der Waals surface area contributed by atoms with E-state index in [9.17, 15) is 4.79 Å². The molecule has 1 saturated heterocycles. The Bertz CT molecular complexity index is 431. The standard InChI is InChI=1S/C13H17BrN2O2/c1-18-12-8-10(2-3-11(12)14)16-13(17)9-4-6-15-7-5-9/h2-3,8-9,15H,4-7H2,1H3,(H,16,17). The minimum Gasteiger partial charge on any atom is -0.495 e. The van der Waals surface area contributed by atoms with E-state index in [-0.39, 0.29) is 11.8 Å². The normalized spacial score (nSPS) is 16.3. The van der Waals surface area contributed by atoms with Crippen LogP contribution in [0, 0.1) is 5.92 Å². The summed E-state index contributed by atoms with van der Waals surface area (Å²) in [6.45, 7) is 1.84. The summed E-state index contributed by atoms with van der Waals surface area (Å²) < 4.78 is 6.08. The van der Waals surface area contributed by atoms with E-state index >= 15 is 0 Å². The number of ether oxygens (including phenoxy) is 1. The number of carbonyl (C=O) groups excluding carboxylic acids is 1. The number of hydrogen-bond acceptors (Lipinski definition) is 3. The first kappa shape index (κ1) is 13.4. The molecule has 0 aromatic heterocycles. The zero-order valence-corrected chi connectivity index (χ0v) is 11.9. The molecule has 18 heavy (non-hydrogen) atoms. The highest BCUT2D eigenvalue weighted by Crippen LogP contribution is 2.28. The first-order chi connectivity index (χ1) is 8.70. The summed E-state index contributed by atoms with van der Waals surface area (Å²) in [4.78, 5) is 12.1. The highest BCUT2D eigenvalue weighted by molar-refractivity contribution is 9.10. The van der Waals surface area contributed by atoms with Crippen LogP contribution in [0.3, 0.4) is 0 Å². The van der Waals surface area contributed by atoms with Crippen LogP contribution in [-0.4, -0.2) is 26.1 Å². The van der Waals surface area contributed by atoms with E-state index in [0.29, 0.717) is 0 Å². The molecule has 0 radical (unpaired) electrons. The molecule has 0 bridgehead atoms. The lowest BCUT2D eigenvalue weighted by molar-refractivity contribution is -0.120. The van der Waals surface area contributed by atoms with Crippen molar-refractivity contribution in [3.05, 3.63) is 22.7 Å². The zero-order chi connectivity index (χ0) is 13.0. The first-order valence-electron chi connectivity index (χ1n) is 6.06. The predicted molar refractivity (Wildman–Crippen MR) is 74.9 cm³/mol. The van der Waals surface area contributed by atoms with Crippen LogP contribution in [-0.2, 0) is 4.79 Å². The third-order valence-corrected chi connectivity index (χ3v) is 3.78. The van der Waals surface area contributed by atoms with E-state index in [1.807, 2.05) is 18.2 Å². The fourth-order valence-corrected chi connectivity index (χ4v) is 2.47. The fraction of sp³-hybridized carbons (Fsp3) is 0.462. The van der Waals surface area contributed by atoms with E-state index in [0.717, 1.165) is 41.8 Å². The molecular weight excluding hydrogens is 296 g/mol. The Kier molecular flexibility index (Phi) is 4.60.